The molecule has 0 N–H and O–H groups in total. The van der Waals surface area contributed by atoms with Crippen molar-refractivity contribution in [3.63, 3.8) is 0 Å². The summed E-state index contributed by atoms with van der Waals surface area (Å²) in [4.78, 5) is 4.38. The average Bonchev–Trinajstić information content (AvgIpc) is 2.54. The number of hydrogen-bond donors (Lipinski definition) is 0. The normalized spacial score (nSPS) is 10.9. The third-order valence-electron chi connectivity index (χ3n) is 2.01. The zero-order valence-corrected chi connectivity index (χ0v) is 11.6. The van der Waals surface area contributed by atoms with Gasteiger partial charge in [0.15, 0.2) is 3.92 Å². The number of thiazole rings is 1. The van der Waals surface area contributed by atoms with Crippen LogP contribution in [0, 0.1) is 6.92 Å². The number of rotatable bonds is 1. The molecule has 0 bridgehead atoms. The Labute approximate surface area is 103 Å². The first kappa shape index (κ1) is 10.4. The second-order valence-electron chi connectivity index (χ2n) is 2.83. The van der Waals surface area contributed by atoms with E-state index >= 15 is 0 Å². The van der Waals surface area contributed by atoms with Crippen LogP contribution in [0.4, 0.5) is 0 Å². The van der Waals surface area contributed by atoms with Gasteiger partial charge in [0.2, 0.25) is 0 Å². The van der Waals surface area contributed by atoms with Gasteiger partial charge in [-0.1, -0.05) is 15.9 Å². The summed E-state index contributed by atoms with van der Waals surface area (Å²) in [7, 11) is 1.66. The van der Waals surface area contributed by atoms with Gasteiger partial charge in [0.25, 0.3) is 0 Å². The highest BCUT2D eigenvalue weighted by Crippen LogP contribution is 2.38. The van der Waals surface area contributed by atoms with Crippen molar-refractivity contribution in [1.82, 2.24) is 4.98 Å². The number of ether oxygens (including phenoxy) is 1. The minimum absolute atomic E-state index is 0.805. The van der Waals surface area contributed by atoms with E-state index in [2.05, 4.69) is 43.8 Å². The molecule has 0 aliphatic carbocycles. The van der Waals surface area contributed by atoms with Gasteiger partial charge in [-0.05, 0) is 34.5 Å². The summed E-state index contributed by atoms with van der Waals surface area (Å²) in [6, 6.07) is 1.95. The van der Waals surface area contributed by atoms with Crippen molar-refractivity contribution in [2.24, 2.45) is 0 Å². The van der Waals surface area contributed by atoms with E-state index in [1.807, 2.05) is 6.07 Å². The number of aryl methyl sites for hydroxylation is 1. The number of nitrogens with zero attached hydrogens (tertiary/aromatic N) is 1. The molecule has 0 atom stereocenters. The molecular weight excluding hydrogens is 330 g/mol. The molecule has 0 saturated carbocycles. The summed E-state index contributed by atoms with van der Waals surface area (Å²) in [6.07, 6.45) is 0. The van der Waals surface area contributed by atoms with E-state index in [4.69, 9.17) is 4.74 Å². The van der Waals surface area contributed by atoms with Gasteiger partial charge in [0.1, 0.15) is 11.3 Å². The van der Waals surface area contributed by atoms with Gasteiger partial charge in [0.05, 0.1) is 11.8 Å². The highest BCUT2D eigenvalue weighted by molar-refractivity contribution is 9.11. The van der Waals surface area contributed by atoms with E-state index in [9.17, 15) is 0 Å². The van der Waals surface area contributed by atoms with E-state index < -0.39 is 0 Å². The summed E-state index contributed by atoms with van der Waals surface area (Å²) in [6.45, 7) is 2.07. The number of hydrogen-bond acceptors (Lipinski definition) is 3. The fraction of sp³-hybridized carbons (Fsp3) is 0.222. The molecule has 0 amide bonds. The van der Waals surface area contributed by atoms with Crippen LogP contribution < -0.4 is 4.74 Å². The summed E-state index contributed by atoms with van der Waals surface area (Å²) >= 11 is 8.50. The highest BCUT2D eigenvalue weighted by atomic mass is 79.9. The SMILES string of the molecule is COc1cc(Br)c(C)c2sc(Br)nc12. The Morgan fingerprint density at radius 2 is 2.14 bits per heavy atom. The third-order valence-corrected chi connectivity index (χ3v) is 4.46. The second kappa shape index (κ2) is 3.79. The predicted molar refractivity (Wildman–Crippen MR) is 66.3 cm³/mol. The van der Waals surface area contributed by atoms with Crippen LogP contribution in [-0.4, -0.2) is 12.1 Å². The first-order chi connectivity index (χ1) is 6.63. The van der Waals surface area contributed by atoms with Gasteiger partial charge >= 0.3 is 0 Å². The van der Waals surface area contributed by atoms with Crippen LogP contribution in [0.2, 0.25) is 0 Å². The molecular formula is C9H7Br2NOS. The van der Waals surface area contributed by atoms with Gasteiger partial charge in [-0.2, -0.15) is 0 Å². The highest BCUT2D eigenvalue weighted by Gasteiger charge is 2.12. The Morgan fingerprint density at radius 3 is 2.79 bits per heavy atom. The molecule has 14 heavy (non-hydrogen) atoms. The van der Waals surface area contributed by atoms with E-state index in [1.54, 1.807) is 18.4 Å². The number of fused-ring (bicyclic) bond motifs is 1. The van der Waals surface area contributed by atoms with E-state index in [-0.39, 0.29) is 0 Å². The smallest absolute Gasteiger partial charge is 0.160 e. The molecule has 0 aliphatic rings. The number of benzene rings is 1. The molecule has 1 aromatic carbocycles. The van der Waals surface area contributed by atoms with Crippen molar-refractivity contribution in [2.45, 2.75) is 6.92 Å². The topological polar surface area (TPSA) is 22.1 Å². The molecule has 0 unspecified atom stereocenters. The Hall–Kier alpha value is -0.130. The van der Waals surface area contributed by atoms with E-state index in [0.717, 1.165) is 24.4 Å². The molecule has 0 radical (unpaired) electrons. The summed E-state index contributed by atoms with van der Waals surface area (Å²) in [5.41, 5.74) is 2.12. The minimum atomic E-state index is 0.805. The van der Waals surface area contributed by atoms with Crippen LogP contribution in [0.5, 0.6) is 5.75 Å². The van der Waals surface area contributed by atoms with Crippen LogP contribution in [0.3, 0.4) is 0 Å². The number of methoxy groups -OCH3 is 1. The maximum Gasteiger partial charge on any atom is 0.160 e. The zero-order chi connectivity index (χ0) is 10.3. The molecule has 5 heteroatoms. The molecule has 0 fully saturated rings. The van der Waals surface area contributed by atoms with Gasteiger partial charge in [-0.3, -0.25) is 0 Å². The van der Waals surface area contributed by atoms with Crippen LogP contribution in [-0.2, 0) is 0 Å². The van der Waals surface area contributed by atoms with Crippen molar-refractivity contribution in [1.29, 1.82) is 0 Å². The predicted octanol–water partition coefficient (Wildman–Crippen LogP) is 4.14. The summed E-state index contributed by atoms with van der Waals surface area (Å²) in [5, 5.41) is 0. The molecule has 1 aromatic heterocycles. The van der Waals surface area contributed by atoms with Gasteiger partial charge in [-0.25, -0.2) is 4.98 Å². The lowest BCUT2D eigenvalue weighted by molar-refractivity contribution is 0.418. The Balaban J connectivity index is 2.88. The lowest BCUT2D eigenvalue weighted by Gasteiger charge is -2.04. The average molecular weight is 337 g/mol. The minimum Gasteiger partial charge on any atom is -0.494 e. The first-order valence-corrected chi connectivity index (χ1v) is 6.33. The van der Waals surface area contributed by atoms with Crippen LogP contribution >= 0.6 is 43.2 Å². The van der Waals surface area contributed by atoms with Crippen molar-refractivity contribution < 1.29 is 4.74 Å². The fourth-order valence-corrected chi connectivity index (χ4v) is 3.28. The molecule has 2 nitrogen and oxygen atoms in total. The lowest BCUT2D eigenvalue weighted by Crippen LogP contribution is -1.86. The molecule has 0 spiro atoms. The van der Waals surface area contributed by atoms with Crippen molar-refractivity contribution >= 4 is 53.4 Å². The van der Waals surface area contributed by atoms with E-state index in [0.29, 0.717) is 0 Å². The molecule has 74 valence electrons. The van der Waals surface area contributed by atoms with Gasteiger partial charge in [0, 0.05) is 4.47 Å². The molecule has 0 saturated heterocycles. The van der Waals surface area contributed by atoms with Crippen molar-refractivity contribution in [3.8, 4) is 5.75 Å². The fourth-order valence-electron chi connectivity index (χ4n) is 1.27. The maximum absolute atomic E-state index is 5.27. The van der Waals surface area contributed by atoms with Crippen LogP contribution in [0.15, 0.2) is 14.5 Å². The zero-order valence-electron chi connectivity index (χ0n) is 7.60. The quantitative estimate of drug-likeness (QED) is 0.780. The standard InChI is InChI=1S/C9H7Br2NOS/c1-4-5(10)3-6(13-2)7-8(4)14-9(11)12-7/h3H,1-2H3. The van der Waals surface area contributed by atoms with Crippen molar-refractivity contribution in [3.05, 3.63) is 20.0 Å². The Bertz CT molecular complexity index is 495. The summed E-state index contributed by atoms with van der Waals surface area (Å²) in [5.74, 6) is 0.805. The molecule has 0 aliphatic heterocycles. The monoisotopic (exact) mass is 335 g/mol. The van der Waals surface area contributed by atoms with Crippen LogP contribution in [0.25, 0.3) is 10.2 Å². The Kier molecular flexibility index (Phi) is 2.81. The largest absolute Gasteiger partial charge is 0.494 e. The molecule has 1 heterocycles. The Morgan fingerprint density at radius 1 is 1.43 bits per heavy atom. The lowest BCUT2D eigenvalue weighted by atomic mass is 10.2. The van der Waals surface area contributed by atoms with E-state index in [1.165, 1.54) is 5.56 Å². The second-order valence-corrected chi connectivity index (χ2v) is 5.96. The summed E-state index contributed by atoms with van der Waals surface area (Å²) < 4.78 is 8.36. The number of halogens is 2. The molecule has 2 aromatic rings. The first-order valence-electron chi connectivity index (χ1n) is 3.92. The third kappa shape index (κ3) is 1.57. The maximum atomic E-state index is 5.27. The van der Waals surface area contributed by atoms with Gasteiger partial charge in [-0.15, -0.1) is 11.3 Å². The number of aromatic nitrogens is 1. The van der Waals surface area contributed by atoms with Gasteiger partial charge < -0.3 is 4.74 Å². The molecule has 2 rings (SSSR count). The van der Waals surface area contributed by atoms with Crippen LogP contribution in [0.1, 0.15) is 5.56 Å². The van der Waals surface area contributed by atoms with Crippen molar-refractivity contribution in [2.75, 3.05) is 7.11 Å².